The summed E-state index contributed by atoms with van der Waals surface area (Å²) in [4.78, 5) is 12.3. The monoisotopic (exact) mass is 303 g/mol. The van der Waals surface area contributed by atoms with Gasteiger partial charge in [0.25, 0.3) is 5.91 Å². The zero-order valence-electron chi connectivity index (χ0n) is 12.7. The number of carbonyl (C=O) groups is 1. The summed E-state index contributed by atoms with van der Waals surface area (Å²) in [5.74, 6) is 0.359. The third kappa shape index (κ3) is 3.91. The highest BCUT2D eigenvalue weighted by atomic mass is 32.2. The molecule has 21 heavy (non-hydrogen) atoms. The predicted octanol–water partition coefficient (Wildman–Crippen LogP) is 3.12. The molecular formula is C17H21NO2S. The Morgan fingerprint density at radius 1 is 1.10 bits per heavy atom. The van der Waals surface area contributed by atoms with E-state index < -0.39 is 10.8 Å². The van der Waals surface area contributed by atoms with Crippen LogP contribution in [-0.4, -0.2) is 27.2 Å². The molecular weight excluding hydrogens is 282 g/mol. The summed E-state index contributed by atoms with van der Waals surface area (Å²) in [6.45, 7) is 6.24. The van der Waals surface area contributed by atoms with Crippen LogP contribution in [0.5, 0.6) is 0 Å². The summed E-state index contributed by atoms with van der Waals surface area (Å²) < 4.78 is 11.7. The van der Waals surface area contributed by atoms with E-state index in [1.165, 1.54) is 0 Å². The van der Waals surface area contributed by atoms with E-state index in [9.17, 15) is 9.00 Å². The van der Waals surface area contributed by atoms with E-state index >= 15 is 0 Å². The molecule has 0 aliphatic heterocycles. The van der Waals surface area contributed by atoms with E-state index in [0.29, 0.717) is 17.9 Å². The molecule has 1 atom stereocenters. The minimum atomic E-state index is -0.952. The van der Waals surface area contributed by atoms with Gasteiger partial charge in [0.1, 0.15) is 0 Å². The largest absolute Gasteiger partial charge is 0.351 e. The summed E-state index contributed by atoms with van der Waals surface area (Å²) >= 11 is 0. The lowest BCUT2D eigenvalue weighted by Crippen LogP contribution is -2.32. The summed E-state index contributed by atoms with van der Waals surface area (Å²) in [7, 11) is -0.952. The Balaban J connectivity index is 2.05. The Morgan fingerprint density at radius 3 is 2.48 bits per heavy atom. The van der Waals surface area contributed by atoms with Crippen LogP contribution < -0.4 is 5.32 Å². The summed E-state index contributed by atoms with van der Waals surface area (Å²) in [6, 6.07) is 13.5. The van der Waals surface area contributed by atoms with E-state index in [1.54, 1.807) is 0 Å². The predicted molar refractivity (Wildman–Crippen MR) is 89.0 cm³/mol. The Hall–Kier alpha value is -1.68. The molecule has 0 aliphatic carbocycles. The van der Waals surface area contributed by atoms with E-state index in [2.05, 4.69) is 5.32 Å². The van der Waals surface area contributed by atoms with Gasteiger partial charge in [0.05, 0.1) is 0 Å². The van der Waals surface area contributed by atoms with Crippen molar-refractivity contribution >= 4 is 27.5 Å². The number of amides is 1. The summed E-state index contributed by atoms with van der Waals surface area (Å²) in [5, 5.41) is 4.85. The molecule has 112 valence electrons. The van der Waals surface area contributed by atoms with Crippen molar-refractivity contribution in [1.82, 2.24) is 5.32 Å². The number of carbonyl (C=O) groups excluding carboxylic acids is 1. The first-order valence-corrected chi connectivity index (χ1v) is 8.36. The molecule has 0 aliphatic rings. The number of fused-ring (bicyclic) bond motifs is 1. The lowest BCUT2D eigenvalue weighted by Gasteiger charge is -2.17. The molecule has 2 aromatic carbocycles. The zero-order chi connectivity index (χ0) is 15.5. The third-order valence-corrected chi connectivity index (χ3v) is 5.23. The van der Waals surface area contributed by atoms with Gasteiger partial charge in [-0.25, -0.2) is 0 Å². The van der Waals surface area contributed by atoms with Crippen molar-refractivity contribution in [2.24, 2.45) is 0 Å². The van der Waals surface area contributed by atoms with Crippen LogP contribution in [0.15, 0.2) is 42.5 Å². The number of nitrogens with one attached hydrogen (secondary N) is 1. The SMILES string of the molecule is CC(C)(C)S(=O)CCNC(=O)c1cccc2ccccc12. The molecule has 0 radical (unpaired) electrons. The van der Waals surface area contributed by atoms with Gasteiger partial charge in [-0.1, -0.05) is 36.4 Å². The first-order valence-electron chi connectivity index (χ1n) is 7.04. The van der Waals surface area contributed by atoms with Crippen LogP contribution in [0.3, 0.4) is 0 Å². The normalized spacial score (nSPS) is 13.1. The Labute approximate surface area is 128 Å². The molecule has 1 N–H and O–H groups in total. The van der Waals surface area contributed by atoms with E-state index in [4.69, 9.17) is 0 Å². The lowest BCUT2D eigenvalue weighted by molar-refractivity contribution is 0.0958. The first kappa shape index (κ1) is 15.7. The van der Waals surface area contributed by atoms with Crippen molar-refractivity contribution < 1.29 is 9.00 Å². The molecule has 0 heterocycles. The van der Waals surface area contributed by atoms with Crippen LogP contribution in [0.4, 0.5) is 0 Å². The van der Waals surface area contributed by atoms with Crippen LogP contribution >= 0.6 is 0 Å². The Morgan fingerprint density at radius 2 is 1.76 bits per heavy atom. The van der Waals surface area contributed by atoms with Gasteiger partial charge >= 0.3 is 0 Å². The molecule has 0 aromatic heterocycles. The molecule has 0 bridgehead atoms. The third-order valence-electron chi connectivity index (χ3n) is 3.29. The maximum absolute atomic E-state index is 12.3. The average Bonchev–Trinajstić information content (AvgIpc) is 2.45. The van der Waals surface area contributed by atoms with Gasteiger partial charge in [-0.3, -0.25) is 9.00 Å². The quantitative estimate of drug-likeness (QED) is 0.943. The fourth-order valence-electron chi connectivity index (χ4n) is 2.08. The molecule has 4 heteroatoms. The van der Waals surface area contributed by atoms with Crippen LogP contribution in [0, 0.1) is 0 Å². The number of hydrogen-bond acceptors (Lipinski definition) is 2. The second-order valence-electron chi connectivity index (χ2n) is 5.94. The van der Waals surface area contributed by atoms with Crippen molar-refractivity contribution in [2.45, 2.75) is 25.5 Å². The molecule has 0 fully saturated rings. The minimum absolute atomic E-state index is 0.113. The highest BCUT2D eigenvalue weighted by Crippen LogP contribution is 2.18. The van der Waals surface area contributed by atoms with Gasteiger partial charge in [-0.05, 0) is 37.6 Å². The summed E-state index contributed by atoms with van der Waals surface area (Å²) in [5.41, 5.74) is 0.662. The van der Waals surface area contributed by atoms with Crippen LogP contribution in [-0.2, 0) is 10.8 Å². The molecule has 0 saturated heterocycles. The highest BCUT2D eigenvalue weighted by molar-refractivity contribution is 7.86. The van der Waals surface area contributed by atoms with Crippen molar-refractivity contribution in [3.8, 4) is 0 Å². The molecule has 2 aromatic rings. The minimum Gasteiger partial charge on any atom is -0.351 e. The van der Waals surface area contributed by atoms with Gasteiger partial charge in [0.2, 0.25) is 0 Å². The van der Waals surface area contributed by atoms with Gasteiger partial charge < -0.3 is 5.32 Å². The fraction of sp³-hybridized carbons (Fsp3) is 0.353. The van der Waals surface area contributed by atoms with Gasteiger partial charge in [-0.2, -0.15) is 0 Å². The van der Waals surface area contributed by atoms with E-state index in [1.807, 2.05) is 63.2 Å². The number of rotatable bonds is 4. The highest BCUT2D eigenvalue weighted by Gasteiger charge is 2.19. The molecule has 1 amide bonds. The second kappa shape index (κ2) is 6.39. The lowest BCUT2D eigenvalue weighted by atomic mass is 10.0. The van der Waals surface area contributed by atoms with Gasteiger partial charge in [0, 0.05) is 33.4 Å². The average molecular weight is 303 g/mol. The molecule has 0 spiro atoms. The van der Waals surface area contributed by atoms with Crippen molar-refractivity contribution in [1.29, 1.82) is 0 Å². The topological polar surface area (TPSA) is 46.2 Å². The van der Waals surface area contributed by atoms with E-state index in [-0.39, 0.29) is 10.7 Å². The first-order chi connectivity index (χ1) is 9.89. The fourth-order valence-corrected chi connectivity index (χ4v) is 2.98. The van der Waals surface area contributed by atoms with Crippen molar-refractivity contribution in [3.05, 3.63) is 48.0 Å². The second-order valence-corrected chi connectivity index (χ2v) is 8.27. The van der Waals surface area contributed by atoms with Crippen LogP contribution in [0.25, 0.3) is 10.8 Å². The standard InChI is InChI=1S/C17H21NO2S/c1-17(2,3)21(20)12-11-18-16(19)15-10-6-8-13-7-4-5-9-14(13)15/h4-10H,11-12H2,1-3H3,(H,18,19). The van der Waals surface area contributed by atoms with Crippen molar-refractivity contribution in [2.75, 3.05) is 12.3 Å². The molecule has 3 nitrogen and oxygen atoms in total. The smallest absolute Gasteiger partial charge is 0.251 e. The molecule has 0 saturated carbocycles. The Kier molecular flexibility index (Phi) is 4.78. The van der Waals surface area contributed by atoms with Gasteiger partial charge in [-0.15, -0.1) is 0 Å². The molecule has 1 unspecified atom stereocenters. The van der Waals surface area contributed by atoms with Crippen molar-refractivity contribution in [3.63, 3.8) is 0 Å². The van der Waals surface area contributed by atoms with Gasteiger partial charge in [0.15, 0.2) is 0 Å². The maximum Gasteiger partial charge on any atom is 0.251 e. The van der Waals surface area contributed by atoms with Crippen LogP contribution in [0.1, 0.15) is 31.1 Å². The van der Waals surface area contributed by atoms with E-state index in [0.717, 1.165) is 10.8 Å². The number of benzene rings is 2. The molecule has 2 rings (SSSR count). The Bertz CT molecular complexity index is 669. The maximum atomic E-state index is 12.3. The number of hydrogen-bond donors (Lipinski definition) is 1. The van der Waals surface area contributed by atoms with Crippen LogP contribution in [0.2, 0.25) is 0 Å². The summed E-state index contributed by atoms with van der Waals surface area (Å²) in [6.07, 6.45) is 0. The zero-order valence-corrected chi connectivity index (χ0v) is 13.5.